The maximum absolute atomic E-state index is 14.0. The normalized spacial score (nSPS) is 11.5. The molecular weight excluding hydrogens is 550 g/mol. The number of nitrogens with zero attached hydrogens (tertiary/aromatic N) is 4. The first kappa shape index (κ1) is 26.3. The Kier molecular flexibility index (Phi) is 6.54. The Morgan fingerprint density at radius 1 is 1.12 bits per heavy atom. The highest BCUT2D eigenvalue weighted by atomic mass is 32.1. The first-order chi connectivity index (χ1) is 19.8. The van der Waals surface area contributed by atoms with Crippen molar-refractivity contribution < 1.29 is 22.8 Å². The highest BCUT2D eigenvalue weighted by Crippen LogP contribution is 2.43. The second-order valence-corrected chi connectivity index (χ2v) is 10.2. The topological polar surface area (TPSA) is 129 Å². The fourth-order valence-corrected chi connectivity index (χ4v) is 5.86. The molecule has 0 aliphatic carbocycles. The highest BCUT2D eigenvalue weighted by molar-refractivity contribution is 7.21. The van der Waals surface area contributed by atoms with Gasteiger partial charge in [-0.25, -0.2) is 18.7 Å². The average Bonchev–Trinajstić information content (AvgIpc) is 3.71. The van der Waals surface area contributed by atoms with Gasteiger partial charge in [-0.05, 0) is 44.2 Å². The van der Waals surface area contributed by atoms with Crippen molar-refractivity contribution in [3.63, 3.8) is 0 Å². The predicted molar refractivity (Wildman–Crippen MR) is 152 cm³/mol. The number of carbonyl (C=O) groups is 2. The Morgan fingerprint density at radius 3 is 2.61 bits per heavy atom. The standard InChI is InChI=1S/C29H22F2N6O3S/c1-3-37-14(2)18(13-33-37)20-11-16(15-7-4-5-8-19(15)34-20)28(39)36-24-23-17(22-9-6-10-40-22)12-21(26(30)31)35-29(23)41-25(24)27(32)38/h4-13,26H,3H2,1-2H3,(H2,32,38)(H,36,39). The number of aromatic nitrogens is 4. The lowest BCUT2D eigenvalue weighted by atomic mass is 10.0. The zero-order valence-corrected chi connectivity index (χ0v) is 22.6. The van der Waals surface area contributed by atoms with Crippen LogP contribution in [0.3, 0.4) is 0 Å². The molecule has 41 heavy (non-hydrogen) atoms. The number of alkyl halides is 2. The summed E-state index contributed by atoms with van der Waals surface area (Å²) in [6.07, 6.45) is 0.237. The van der Waals surface area contributed by atoms with Crippen molar-refractivity contribution >= 4 is 50.0 Å². The van der Waals surface area contributed by atoms with Gasteiger partial charge in [-0.1, -0.05) is 18.2 Å². The van der Waals surface area contributed by atoms with E-state index in [4.69, 9.17) is 15.1 Å². The number of thiophene rings is 1. The van der Waals surface area contributed by atoms with E-state index in [0.717, 1.165) is 22.6 Å². The number of benzene rings is 1. The lowest BCUT2D eigenvalue weighted by Crippen LogP contribution is -2.17. The van der Waals surface area contributed by atoms with Crippen molar-refractivity contribution in [2.75, 3.05) is 5.32 Å². The second kappa shape index (κ2) is 10.2. The van der Waals surface area contributed by atoms with Crippen LogP contribution in [0.4, 0.5) is 14.5 Å². The van der Waals surface area contributed by atoms with Gasteiger partial charge < -0.3 is 15.5 Å². The summed E-state index contributed by atoms with van der Waals surface area (Å²) < 4.78 is 34.8. The Bertz CT molecular complexity index is 1960. The number of pyridine rings is 2. The molecule has 0 bridgehead atoms. The summed E-state index contributed by atoms with van der Waals surface area (Å²) >= 11 is 0.824. The van der Waals surface area contributed by atoms with Crippen LogP contribution in [0.1, 0.15) is 44.8 Å². The second-order valence-electron chi connectivity index (χ2n) is 9.21. The van der Waals surface area contributed by atoms with Crippen molar-refractivity contribution in [1.82, 2.24) is 19.7 Å². The van der Waals surface area contributed by atoms with Gasteiger partial charge >= 0.3 is 0 Å². The Morgan fingerprint density at radius 2 is 1.93 bits per heavy atom. The number of para-hydroxylation sites is 1. The predicted octanol–water partition coefficient (Wildman–Crippen LogP) is 6.59. The van der Waals surface area contributed by atoms with E-state index in [1.54, 1.807) is 42.6 Å². The third-order valence-electron chi connectivity index (χ3n) is 6.79. The molecule has 206 valence electrons. The molecule has 0 saturated heterocycles. The molecule has 2 amide bonds. The van der Waals surface area contributed by atoms with Crippen LogP contribution in [-0.4, -0.2) is 31.6 Å². The number of carbonyl (C=O) groups excluding carboxylic acids is 2. The molecule has 6 rings (SSSR count). The van der Waals surface area contributed by atoms with Gasteiger partial charge in [0.1, 0.15) is 21.2 Å². The van der Waals surface area contributed by atoms with Gasteiger partial charge in [0.2, 0.25) is 0 Å². The summed E-state index contributed by atoms with van der Waals surface area (Å²) in [6.45, 7) is 4.58. The third-order valence-corrected chi connectivity index (χ3v) is 7.89. The summed E-state index contributed by atoms with van der Waals surface area (Å²) in [7, 11) is 0. The number of aryl methyl sites for hydroxylation is 1. The van der Waals surface area contributed by atoms with Gasteiger partial charge in [-0.15, -0.1) is 11.3 Å². The largest absolute Gasteiger partial charge is 0.464 e. The van der Waals surface area contributed by atoms with Crippen LogP contribution in [0.2, 0.25) is 0 Å². The molecule has 12 heteroatoms. The zero-order valence-electron chi connectivity index (χ0n) is 21.8. The first-order valence-electron chi connectivity index (χ1n) is 12.6. The quantitative estimate of drug-likeness (QED) is 0.222. The molecule has 0 aliphatic heterocycles. The lowest BCUT2D eigenvalue weighted by molar-refractivity contribution is 0.100. The molecule has 0 unspecified atom stereocenters. The summed E-state index contributed by atoms with van der Waals surface area (Å²) in [6, 6.07) is 13.2. The average molecular weight is 573 g/mol. The number of hydrogen-bond donors (Lipinski definition) is 2. The van der Waals surface area contributed by atoms with Crippen LogP contribution in [0.15, 0.2) is 65.4 Å². The van der Waals surface area contributed by atoms with Crippen molar-refractivity contribution in [2.24, 2.45) is 5.73 Å². The minimum atomic E-state index is -2.87. The van der Waals surface area contributed by atoms with Crippen molar-refractivity contribution in [2.45, 2.75) is 26.8 Å². The van der Waals surface area contributed by atoms with Crippen LogP contribution in [0.25, 0.3) is 43.7 Å². The smallest absolute Gasteiger partial charge is 0.280 e. The molecule has 9 nitrogen and oxygen atoms in total. The third kappa shape index (κ3) is 4.51. The number of anilines is 1. The number of amides is 2. The summed E-state index contributed by atoms with van der Waals surface area (Å²) in [5.74, 6) is -1.12. The fraction of sp³-hybridized carbons (Fsp3) is 0.138. The lowest BCUT2D eigenvalue weighted by Gasteiger charge is -2.12. The molecule has 0 atom stereocenters. The maximum Gasteiger partial charge on any atom is 0.280 e. The summed E-state index contributed by atoms with van der Waals surface area (Å²) in [4.78, 5) is 35.4. The van der Waals surface area contributed by atoms with E-state index < -0.39 is 23.9 Å². The minimum absolute atomic E-state index is 0.0290. The van der Waals surface area contributed by atoms with Crippen LogP contribution < -0.4 is 11.1 Å². The number of halogens is 2. The van der Waals surface area contributed by atoms with Crippen molar-refractivity contribution in [3.8, 4) is 22.6 Å². The van der Waals surface area contributed by atoms with E-state index in [9.17, 15) is 18.4 Å². The molecular formula is C29H22F2N6O3S. The van der Waals surface area contributed by atoms with Crippen LogP contribution >= 0.6 is 11.3 Å². The summed E-state index contributed by atoms with van der Waals surface area (Å²) in [5, 5.41) is 8.09. The van der Waals surface area contributed by atoms with Crippen LogP contribution in [-0.2, 0) is 6.54 Å². The molecule has 5 heterocycles. The first-order valence-corrected chi connectivity index (χ1v) is 13.4. The molecule has 3 N–H and O–H groups in total. The van der Waals surface area contributed by atoms with Gasteiger partial charge in [0.25, 0.3) is 18.2 Å². The van der Waals surface area contributed by atoms with E-state index >= 15 is 0 Å². The van der Waals surface area contributed by atoms with E-state index in [2.05, 4.69) is 15.4 Å². The molecule has 1 aromatic carbocycles. The SMILES string of the molecule is CCn1ncc(-c2cc(C(=O)Nc3c(C(N)=O)sc4nc(C(F)F)cc(-c5ccco5)c34)c3ccccc3n2)c1C. The van der Waals surface area contributed by atoms with Crippen LogP contribution in [0, 0.1) is 6.92 Å². The van der Waals surface area contributed by atoms with Crippen molar-refractivity contribution in [1.29, 1.82) is 0 Å². The Labute approximate surface area is 235 Å². The maximum atomic E-state index is 14.0. The zero-order chi connectivity index (χ0) is 28.8. The van der Waals surface area contributed by atoms with Crippen LogP contribution in [0.5, 0.6) is 0 Å². The number of fused-ring (bicyclic) bond motifs is 2. The minimum Gasteiger partial charge on any atom is -0.464 e. The van der Waals surface area contributed by atoms with E-state index in [-0.39, 0.29) is 32.1 Å². The number of furan rings is 1. The number of rotatable bonds is 7. The molecule has 0 radical (unpaired) electrons. The van der Waals surface area contributed by atoms with Gasteiger partial charge in [0.05, 0.1) is 34.9 Å². The van der Waals surface area contributed by atoms with Gasteiger partial charge in [0, 0.05) is 34.1 Å². The molecule has 0 saturated carbocycles. The summed E-state index contributed by atoms with van der Waals surface area (Å²) in [5.41, 5.74) is 8.60. The van der Waals surface area contributed by atoms with Gasteiger partial charge in [0.15, 0.2) is 0 Å². The molecule has 0 aliphatic rings. The Balaban J connectivity index is 1.54. The van der Waals surface area contributed by atoms with E-state index in [1.807, 2.05) is 24.6 Å². The van der Waals surface area contributed by atoms with E-state index in [0.29, 0.717) is 28.7 Å². The monoisotopic (exact) mass is 572 g/mol. The number of primary amides is 1. The molecule has 0 spiro atoms. The van der Waals surface area contributed by atoms with Gasteiger partial charge in [-0.3, -0.25) is 14.3 Å². The molecule has 0 fully saturated rings. The van der Waals surface area contributed by atoms with E-state index in [1.165, 1.54) is 12.3 Å². The number of nitrogens with one attached hydrogen (secondary N) is 1. The van der Waals surface area contributed by atoms with Gasteiger partial charge in [-0.2, -0.15) is 5.10 Å². The highest BCUT2D eigenvalue weighted by Gasteiger charge is 2.27. The molecule has 6 aromatic rings. The Hall–Kier alpha value is -4.97. The van der Waals surface area contributed by atoms with Crippen molar-refractivity contribution in [3.05, 3.63) is 82.8 Å². The number of nitrogens with two attached hydrogens (primary N) is 1. The number of hydrogen-bond acceptors (Lipinski definition) is 7. The fourth-order valence-electron chi connectivity index (χ4n) is 4.85. The molecule has 5 aromatic heterocycles.